The first kappa shape index (κ1) is 23.8. The fourth-order valence-corrected chi connectivity index (χ4v) is 6.43. The van der Waals surface area contributed by atoms with Gasteiger partial charge in [-0.1, -0.05) is 23.7 Å². The number of likely N-dealkylation sites (tertiary alicyclic amines) is 2. The number of hydrogen-bond donors (Lipinski definition) is 3. The van der Waals surface area contributed by atoms with Gasteiger partial charge in [0.05, 0.1) is 25.8 Å². The number of amides is 3. The monoisotopic (exact) mass is 498 g/mol. The highest BCUT2D eigenvalue weighted by Gasteiger charge is 2.57. The van der Waals surface area contributed by atoms with Crippen LogP contribution in [0.4, 0.5) is 16.2 Å². The van der Waals surface area contributed by atoms with Crippen LogP contribution in [0.5, 0.6) is 5.75 Å². The SMILES string of the molecule is COc1ccc2c(c1)NC1C(CO)N(C(C)=O)CC3(CCN(C(=O)Nc4cccc(Cl)c4)CC3)C21. The second-order valence-corrected chi connectivity index (χ2v) is 10.2. The van der Waals surface area contributed by atoms with Gasteiger partial charge in [0, 0.05) is 60.4 Å². The van der Waals surface area contributed by atoms with Gasteiger partial charge in [0.2, 0.25) is 5.91 Å². The summed E-state index contributed by atoms with van der Waals surface area (Å²) in [7, 11) is 1.64. The maximum atomic E-state index is 13.0. The largest absolute Gasteiger partial charge is 0.497 e. The summed E-state index contributed by atoms with van der Waals surface area (Å²) in [6.07, 6.45) is 1.51. The summed E-state index contributed by atoms with van der Waals surface area (Å²) in [6.45, 7) is 3.18. The lowest BCUT2D eigenvalue weighted by Gasteiger charge is -2.56. The standard InChI is InChI=1S/C26H31ClN4O4/c1-16(33)31-15-26(8-10-30(11-9-26)25(34)28-18-5-3-4-17(27)12-18)23-20-7-6-19(35-2)13-21(20)29-24(23)22(31)14-32/h3-7,12-13,22-24,29,32H,8-11,14-15H2,1-2H3,(H,28,34). The van der Waals surface area contributed by atoms with Crippen LogP contribution in [0.25, 0.3) is 0 Å². The van der Waals surface area contributed by atoms with Crippen LogP contribution in [0.1, 0.15) is 31.2 Å². The highest BCUT2D eigenvalue weighted by atomic mass is 35.5. The third-order valence-corrected chi connectivity index (χ3v) is 8.19. The van der Waals surface area contributed by atoms with E-state index in [1.807, 2.05) is 28.0 Å². The first-order chi connectivity index (χ1) is 16.8. The van der Waals surface area contributed by atoms with E-state index in [2.05, 4.69) is 16.7 Å². The van der Waals surface area contributed by atoms with E-state index in [-0.39, 0.29) is 42.0 Å². The minimum Gasteiger partial charge on any atom is -0.497 e. The number of nitrogens with zero attached hydrogens (tertiary/aromatic N) is 2. The molecule has 5 rings (SSSR count). The fourth-order valence-electron chi connectivity index (χ4n) is 6.24. The minimum absolute atomic E-state index is 0.0432. The number of carbonyl (C=O) groups is 2. The molecule has 3 amide bonds. The molecule has 1 spiro atoms. The van der Waals surface area contributed by atoms with Gasteiger partial charge in [0.1, 0.15) is 5.75 Å². The van der Waals surface area contributed by atoms with E-state index in [4.69, 9.17) is 16.3 Å². The van der Waals surface area contributed by atoms with Crippen molar-refractivity contribution in [3.63, 3.8) is 0 Å². The van der Waals surface area contributed by atoms with Gasteiger partial charge in [0.15, 0.2) is 0 Å². The van der Waals surface area contributed by atoms with Crippen LogP contribution < -0.4 is 15.4 Å². The molecule has 0 bridgehead atoms. The Kier molecular flexibility index (Phi) is 6.27. The fraction of sp³-hybridized carbons (Fsp3) is 0.462. The van der Waals surface area contributed by atoms with Gasteiger partial charge in [-0.15, -0.1) is 0 Å². The molecule has 3 aliphatic rings. The van der Waals surface area contributed by atoms with Gasteiger partial charge in [-0.25, -0.2) is 4.79 Å². The van der Waals surface area contributed by atoms with Crippen LogP contribution in [0.15, 0.2) is 42.5 Å². The van der Waals surface area contributed by atoms with Crippen molar-refractivity contribution in [3.05, 3.63) is 53.1 Å². The van der Waals surface area contributed by atoms with Gasteiger partial charge in [0.25, 0.3) is 0 Å². The second kappa shape index (κ2) is 9.24. The van der Waals surface area contributed by atoms with Crippen molar-refractivity contribution < 1.29 is 19.4 Å². The third-order valence-electron chi connectivity index (χ3n) is 7.95. The van der Waals surface area contributed by atoms with Crippen LogP contribution >= 0.6 is 11.6 Å². The number of aliphatic hydroxyl groups excluding tert-OH is 1. The van der Waals surface area contributed by atoms with Crippen LogP contribution in [-0.4, -0.2) is 72.3 Å². The molecule has 0 radical (unpaired) electrons. The van der Waals surface area contributed by atoms with E-state index in [1.54, 1.807) is 32.2 Å². The molecule has 8 nitrogen and oxygen atoms in total. The van der Waals surface area contributed by atoms with Crippen molar-refractivity contribution in [2.45, 2.75) is 37.8 Å². The maximum absolute atomic E-state index is 13.0. The Morgan fingerprint density at radius 3 is 2.66 bits per heavy atom. The molecule has 9 heteroatoms. The van der Waals surface area contributed by atoms with Crippen molar-refractivity contribution >= 4 is 34.9 Å². The lowest BCUT2D eigenvalue weighted by Crippen LogP contribution is -2.65. The zero-order valence-corrected chi connectivity index (χ0v) is 20.7. The Morgan fingerprint density at radius 2 is 2.00 bits per heavy atom. The van der Waals surface area contributed by atoms with Crippen molar-refractivity contribution in [2.75, 3.05) is 44.0 Å². The predicted molar refractivity (Wildman–Crippen MR) is 135 cm³/mol. The van der Waals surface area contributed by atoms with Crippen LogP contribution in [0.3, 0.4) is 0 Å². The molecule has 3 aliphatic heterocycles. The second-order valence-electron chi connectivity index (χ2n) is 9.79. The molecule has 3 unspecified atom stereocenters. The topological polar surface area (TPSA) is 94.1 Å². The van der Waals surface area contributed by atoms with E-state index in [1.165, 1.54) is 5.56 Å². The molecule has 0 aliphatic carbocycles. The maximum Gasteiger partial charge on any atom is 0.321 e. The molecule has 35 heavy (non-hydrogen) atoms. The molecule has 3 atom stereocenters. The van der Waals surface area contributed by atoms with Gasteiger partial charge < -0.3 is 30.3 Å². The highest BCUT2D eigenvalue weighted by molar-refractivity contribution is 6.30. The molecule has 0 aromatic heterocycles. The number of aliphatic hydroxyl groups is 1. The summed E-state index contributed by atoms with van der Waals surface area (Å²) < 4.78 is 5.43. The van der Waals surface area contributed by atoms with E-state index < -0.39 is 0 Å². The third kappa shape index (κ3) is 4.19. The van der Waals surface area contributed by atoms with Gasteiger partial charge in [-0.3, -0.25) is 4.79 Å². The molecule has 2 aromatic rings. The number of rotatable bonds is 3. The number of fused-ring (bicyclic) bond motifs is 4. The average Bonchev–Trinajstić information content (AvgIpc) is 3.24. The summed E-state index contributed by atoms with van der Waals surface area (Å²) in [5, 5.41) is 17.4. The summed E-state index contributed by atoms with van der Waals surface area (Å²) >= 11 is 6.06. The summed E-state index contributed by atoms with van der Waals surface area (Å²) in [5.41, 5.74) is 2.64. The van der Waals surface area contributed by atoms with E-state index >= 15 is 0 Å². The lowest BCUT2D eigenvalue weighted by atomic mass is 9.60. The smallest absolute Gasteiger partial charge is 0.321 e. The Balaban J connectivity index is 1.41. The number of hydrogen-bond acceptors (Lipinski definition) is 5. The first-order valence-electron chi connectivity index (χ1n) is 12.0. The summed E-state index contributed by atoms with van der Waals surface area (Å²) in [5.74, 6) is 0.841. The minimum atomic E-state index is -0.314. The number of halogens is 1. The number of piperidine rings is 2. The molecule has 3 N–H and O–H groups in total. The van der Waals surface area contributed by atoms with Crippen LogP contribution in [0.2, 0.25) is 5.02 Å². The summed E-state index contributed by atoms with van der Waals surface area (Å²) in [6, 6.07) is 12.6. The predicted octanol–water partition coefficient (Wildman–Crippen LogP) is 3.76. The average molecular weight is 499 g/mol. The quantitative estimate of drug-likeness (QED) is 0.599. The number of nitrogens with one attached hydrogen (secondary N) is 2. The van der Waals surface area contributed by atoms with Crippen LogP contribution in [-0.2, 0) is 4.79 Å². The zero-order valence-electron chi connectivity index (χ0n) is 20.0. The molecule has 0 saturated carbocycles. The summed E-state index contributed by atoms with van der Waals surface area (Å²) in [4.78, 5) is 29.3. The Labute approximate surface area is 210 Å². The molecule has 2 aromatic carbocycles. The van der Waals surface area contributed by atoms with Crippen LogP contribution in [0, 0.1) is 5.41 Å². The number of ether oxygens (including phenoxy) is 1. The van der Waals surface area contributed by atoms with Gasteiger partial charge in [-0.2, -0.15) is 0 Å². The van der Waals surface area contributed by atoms with Gasteiger partial charge >= 0.3 is 6.03 Å². The molecule has 2 fully saturated rings. The number of urea groups is 1. The lowest BCUT2D eigenvalue weighted by molar-refractivity contribution is -0.140. The molecule has 186 valence electrons. The number of benzene rings is 2. The first-order valence-corrected chi connectivity index (χ1v) is 12.4. The molecule has 2 saturated heterocycles. The molecular weight excluding hydrogens is 468 g/mol. The highest BCUT2D eigenvalue weighted by Crippen LogP contribution is 2.56. The van der Waals surface area contributed by atoms with E-state index in [0.29, 0.717) is 30.3 Å². The van der Waals surface area contributed by atoms with Crippen molar-refractivity contribution in [2.24, 2.45) is 5.41 Å². The van der Waals surface area contributed by atoms with E-state index in [9.17, 15) is 14.7 Å². The number of carbonyl (C=O) groups excluding carboxylic acids is 2. The van der Waals surface area contributed by atoms with Crippen molar-refractivity contribution in [3.8, 4) is 5.75 Å². The molecular formula is C26H31ClN4O4. The molecule has 3 heterocycles. The zero-order chi connectivity index (χ0) is 24.7. The Bertz CT molecular complexity index is 1130. The normalized spacial score (nSPS) is 24.4. The van der Waals surface area contributed by atoms with Gasteiger partial charge in [-0.05, 0) is 42.7 Å². The van der Waals surface area contributed by atoms with Crippen molar-refractivity contribution in [1.29, 1.82) is 0 Å². The number of anilines is 2. The number of methoxy groups -OCH3 is 1. The Morgan fingerprint density at radius 1 is 1.23 bits per heavy atom. The van der Waals surface area contributed by atoms with E-state index in [0.717, 1.165) is 24.3 Å². The Hall–Kier alpha value is -2.97. The van der Waals surface area contributed by atoms with Crippen molar-refractivity contribution in [1.82, 2.24) is 9.80 Å².